The van der Waals surface area contributed by atoms with E-state index in [1.54, 1.807) is 0 Å². The number of carbonyl (C=O) groups is 1. The van der Waals surface area contributed by atoms with Crippen LogP contribution in [0, 0.1) is 11.8 Å². The van der Waals surface area contributed by atoms with E-state index in [1.165, 1.54) is 0 Å². The summed E-state index contributed by atoms with van der Waals surface area (Å²) in [5, 5.41) is 8.18. The van der Waals surface area contributed by atoms with Crippen molar-refractivity contribution in [1.29, 1.82) is 0 Å². The molecule has 0 aromatic rings. The Morgan fingerprint density at radius 1 is 1.89 bits per heavy atom. The summed E-state index contributed by atoms with van der Waals surface area (Å²) in [4.78, 5) is 9.98. The maximum atomic E-state index is 9.98. The summed E-state index contributed by atoms with van der Waals surface area (Å²) in [6.07, 6.45) is 0.640. The monoisotopic (exact) mass is 127 g/mol. The lowest BCUT2D eigenvalue weighted by atomic mass is 10.3. The molecule has 0 aliphatic rings. The fraction of sp³-hybridized carbons (Fsp3) is 0.500. The summed E-state index contributed by atoms with van der Waals surface area (Å²) in [6.45, 7) is 1.83. The molecular formula is C6H9NO2. The Morgan fingerprint density at radius 2 is 2.44 bits per heavy atom. The van der Waals surface area contributed by atoms with Gasteiger partial charge in [-0.3, -0.25) is 0 Å². The lowest BCUT2D eigenvalue weighted by molar-refractivity contribution is -0.137. The molecule has 0 bridgehead atoms. The van der Waals surface area contributed by atoms with E-state index >= 15 is 0 Å². The van der Waals surface area contributed by atoms with Gasteiger partial charge in [0.25, 0.3) is 0 Å². The van der Waals surface area contributed by atoms with Crippen LogP contribution in [-0.4, -0.2) is 17.1 Å². The second-order valence-electron chi connectivity index (χ2n) is 1.49. The fourth-order valence-corrected chi connectivity index (χ4v) is 0.274. The maximum absolute atomic E-state index is 9.98. The Hall–Kier alpha value is -1.01. The average Bonchev–Trinajstić information content (AvgIpc) is 1.82. The van der Waals surface area contributed by atoms with Crippen molar-refractivity contribution in [1.82, 2.24) is 0 Å². The molecular weight excluding hydrogens is 118 g/mol. The molecule has 0 radical (unpaired) electrons. The molecule has 0 fully saturated rings. The third-order valence-electron chi connectivity index (χ3n) is 0.700. The van der Waals surface area contributed by atoms with Crippen LogP contribution in [-0.2, 0) is 4.79 Å². The van der Waals surface area contributed by atoms with Crippen LogP contribution in [0.5, 0.6) is 0 Å². The molecule has 0 aromatic carbocycles. The SMILES string of the molecule is CCC#CC(N)C(=O)O. The normalized spacial score (nSPS) is 11.3. The lowest BCUT2D eigenvalue weighted by Crippen LogP contribution is -2.27. The summed E-state index contributed by atoms with van der Waals surface area (Å²) in [7, 11) is 0. The minimum Gasteiger partial charge on any atom is -0.479 e. The molecule has 0 rings (SSSR count). The summed E-state index contributed by atoms with van der Waals surface area (Å²) < 4.78 is 0. The van der Waals surface area contributed by atoms with Crippen LogP contribution in [0.4, 0.5) is 0 Å². The number of aliphatic carboxylic acids is 1. The Labute approximate surface area is 53.9 Å². The van der Waals surface area contributed by atoms with Crippen LogP contribution in [0.1, 0.15) is 13.3 Å². The van der Waals surface area contributed by atoms with Gasteiger partial charge in [-0.1, -0.05) is 12.8 Å². The van der Waals surface area contributed by atoms with Crippen LogP contribution < -0.4 is 5.73 Å². The second-order valence-corrected chi connectivity index (χ2v) is 1.49. The van der Waals surface area contributed by atoms with Gasteiger partial charge in [-0.05, 0) is 0 Å². The third kappa shape index (κ3) is 3.56. The van der Waals surface area contributed by atoms with Crippen LogP contribution in [0.15, 0.2) is 0 Å². The number of carboxylic acid groups (broad SMARTS) is 1. The minimum absolute atomic E-state index is 0.640. The van der Waals surface area contributed by atoms with E-state index in [2.05, 4.69) is 11.8 Å². The predicted molar refractivity (Wildman–Crippen MR) is 33.7 cm³/mol. The van der Waals surface area contributed by atoms with Crippen molar-refractivity contribution in [2.45, 2.75) is 19.4 Å². The fourth-order valence-electron chi connectivity index (χ4n) is 0.274. The number of rotatable bonds is 1. The third-order valence-corrected chi connectivity index (χ3v) is 0.700. The van der Waals surface area contributed by atoms with Gasteiger partial charge in [0, 0.05) is 6.42 Å². The highest BCUT2D eigenvalue weighted by molar-refractivity contribution is 5.76. The van der Waals surface area contributed by atoms with Crippen LogP contribution in [0.2, 0.25) is 0 Å². The molecule has 0 aliphatic heterocycles. The van der Waals surface area contributed by atoms with E-state index in [1.807, 2.05) is 6.92 Å². The van der Waals surface area contributed by atoms with Crippen molar-refractivity contribution < 1.29 is 9.90 Å². The largest absolute Gasteiger partial charge is 0.479 e. The lowest BCUT2D eigenvalue weighted by Gasteiger charge is -1.91. The molecule has 50 valence electrons. The van der Waals surface area contributed by atoms with Crippen molar-refractivity contribution in [2.24, 2.45) is 5.73 Å². The molecule has 0 amide bonds. The molecule has 0 saturated heterocycles. The van der Waals surface area contributed by atoms with Crippen LogP contribution >= 0.6 is 0 Å². The predicted octanol–water partition coefficient (Wildman–Crippen LogP) is -0.188. The van der Waals surface area contributed by atoms with E-state index in [-0.39, 0.29) is 0 Å². The Morgan fingerprint density at radius 3 is 2.78 bits per heavy atom. The van der Waals surface area contributed by atoms with E-state index < -0.39 is 12.0 Å². The Balaban J connectivity index is 3.75. The van der Waals surface area contributed by atoms with Crippen molar-refractivity contribution in [2.75, 3.05) is 0 Å². The van der Waals surface area contributed by atoms with Crippen LogP contribution in [0.25, 0.3) is 0 Å². The molecule has 0 aromatic heterocycles. The van der Waals surface area contributed by atoms with Gasteiger partial charge in [0.1, 0.15) is 0 Å². The molecule has 0 spiro atoms. The zero-order valence-electron chi connectivity index (χ0n) is 5.22. The summed E-state index contributed by atoms with van der Waals surface area (Å²) >= 11 is 0. The molecule has 3 nitrogen and oxygen atoms in total. The molecule has 1 unspecified atom stereocenters. The molecule has 3 heteroatoms. The van der Waals surface area contributed by atoms with Crippen molar-refractivity contribution in [3.05, 3.63) is 0 Å². The topological polar surface area (TPSA) is 63.3 Å². The first kappa shape index (κ1) is 7.99. The first-order valence-electron chi connectivity index (χ1n) is 2.65. The molecule has 0 aliphatic carbocycles. The molecule has 1 atom stereocenters. The minimum atomic E-state index is -1.07. The summed E-state index contributed by atoms with van der Waals surface area (Å²) in [5.74, 6) is 3.86. The van der Waals surface area contributed by atoms with Crippen molar-refractivity contribution >= 4 is 5.97 Å². The highest BCUT2D eigenvalue weighted by Gasteiger charge is 2.04. The van der Waals surface area contributed by atoms with Gasteiger partial charge in [0.15, 0.2) is 6.04 Å². The summed E-state index contributed by atoms with van der Waals surface area (Å²) in [6, 6.07) is -1.02. The van der Waals surface area contributed by atoms with E-state index in [9.17, 15) is 4.79 Å². The number of hydrogen-bond acceptors (Lipinski definition) is 2. The maximum Gasteiger partial charge on any atom is 0.333 e. The Kier molecular flexibility index (Phi) is 3.49. The van der Waals surface area contributed by atoms with E-state index in [4.69, 9.17) is 10.8 Å². The standard InChI is InChI=1S/C6H9NO2/c1-2-3-4-5(7)6(8)9/h5H,2,7H2,1H3,(H,8,9). The van der Waals surface area contributed by atoms with Crippen LogP contribution in [0.3, 0.4) is 0 Å². The second kappa shape index (κ2) is 3.93. The van der Waals surface area contributed by atoms with Gasteiger partial charge >= 0.3 is 5.97 Å². The molecule has 0 saturated carbocycles. The van der Waals surface area contributed by atoms with E-state index in [0.29, 0.717) is 6.42 Å². The molecule has 0 heterocycles. The van der Waals surface area contributed by atoms with Crippen molar-refractivity contribution in [3.63, 3.8) is 0 Å². The number of hydrogen-bond donors (Lipinski definition) is 2. The smallest absolute Gasteiger partial charge is 0.333 e. The Bertz CT molecular complexity index is 154. The molecule has 9 heavy (non-hydrogen) atoms. The van der Waals surface area contributed by atoms with Crippen molar-refractivity contribution in [3.8, 4) is 11.8 Å². The first-order chi connectivity index (χ1) is 4.18. The number of nitrogens with two attached hydrogens (primary N) is 1. The van der Waals surface area contributed by atoms with Gasteiger partial charge in [0.2, 0.25) is 0 Å². The first-order valence-corrected chi connectivity index (χ1v) is 2.65. The quantitative estimate of drug-likeness (QED) is 0.480. The molecule has 3 N–H and O–H groups in total. The highest BCUT2D eigenvalue weighted by Crippen LogP contribution is 1.74. The van der Waals surface area contributed by atoms with Gasteiger partial charge < -0.3 is 10.8 Å². The highest BCUT2D eigenvalue weighted by atomic mass is 16.4. The zero-order valence-corrected chi connectivity index (χ0v) is 5.22. The van der Waals surface area contributed by atoms with Gasteiger partial charge in [-0.2, -0.15) is 0 Å². The number of carboxylic acids is 1. The van der Waals surface area contributed by atoms with Gasteiger partial charge in [-0.25, -0.2) is 4.79 Å². The van der Waals surface area contributed by atoms with E-state index in [0.717, 1.165) is 0 Å². The van der Waals surface area contributed by atoms with Gasteiger partial charge in [0.05, 0.1) is 0 Å². The van der Waals surface area contributed by atoms with Gasteiger partial charge in [-0.15, -0.1) is 5.92 Å². The zero-order chi connectivity index (χ0) is 7.28. The summed E-state index contributed by atoms with van der Waals surface area (Å²) in [5.41, 5.74) is 5.03. The average molecular weight is 127 g/mol.